The lowest BCUT2D eigenvalue weighted by molar-refractivity contribution is -0.134. The van der Waals surface area contributed by atoms with Crippen molar-refractivity contribution in [3.8, 4) is 0 Å². The highest BCUT2D eigenvalue weighted by molar-refractivity contribution is 8.14. The van der Waals surface area contributed by atoms with Gasteiger partial charge in [0, 0.05) is 64.2 Å². The predicted molar refractivity (Wildman–Crippen MR) is 120 cm³/mol. The first-order chi connectivity index (χ1) is 14.1. The molecule has 7 heteroatoms. The van der Waals surface area contributed by atoms with Gasteiger partial charge < -0.3 is 9.80 Å². The quantitative estimate of drug-likeness (QED) is 0.750. The largest absolute Gasteiger partial charge is 0.349 e. The van der Waals surface area contributed by atoms with Crippen LogP contribution in [-0.4, -0.2) is 101 Å². The Morgan fingerprint density at radius 3 is 2.38 bits per heavy atom. The SMILES string of the molecule is Cc1ccccc1CN1CCN(C(=O)CN2CCN(C3=NCC(C)S3)CC2)CC1. The van der Waals surface area contributed by atoms with Gasteiger partial charge in [-0.05, 0) is 18.1 Å². The Bertz CT molecular complexity index is 738. The summed E-state index contributed by atoms with van der Waals surface area (Å²) in [5.74, 6) is 0.287. The second kappa shape index (κ2) is 9.49. The fraction of sp³-hybridized carbons (Fsp3) is 0.636. The monoisotopic (exact) mass is 415 g/mol. The maximum Gasteiger partial charge on any atom is 0.236 e. The van der Waals surface area contributed by atoms with Crippen LogP contribution >= 0.6 is 11.8 Å². The van der Waals surface area contributed by atoms with E-state index in [4.69, 9.17) is 0 Å². The Balaban J connectivity index is 1.18. The number of aryl methyl sites for hydroxylation is 1. The van der Waals surface area contributed by atoms with Gasteiger partial charge in [0.05, 0.1) is 13.1 Å². The summed E-state index contributed by atoms with van der Waals surface area (Å²) in [5, 5.41) is 1.81. The molecule has 0 N–H and O–H groups in total. The molecule has 3 heterocycles. The molecule has 1 unspecified atom stereocenters. The number of hydrogen-bond acceptors (Lipinski definition) is 6. The summed E-state index contributed by atoms with van der Waals surface area (Å²) >= 11 is 1.89. The fourth-order valence-electron chi connectivity index (χ4n) is 4.21. The zero-order valence-corrected chi connectivity index (χ0v) is 18.5. The van der Waals surface area contributed by atoms with Crippen LogP contribution in [0.4, 0.5) is 0 Å². The van der Waals surface area contributed by atoms with Crippen molar-refractivity contribution in [1.29, 1.82) is 0 Å². The molecule has 0 radical (unpaired) electrons. The molecule has 0 aromatic heterocycles. The first kappa shape index (κ1) is 20.7. The Hall–Kier alpha value is -1.57. The number of nitrogens with zero attached hydrogens (tertiary/aromatic N) is 5. The summed E-state index contributed by atoms with van der Waals surface area (Å²) in [7, 11) is 0. The molecule has 0 saturated carbocycles. The lowest BCUT2D eigenvalue weighted by Crippen LogP contribution is -2.54. The third-order valence-corrected chi connectivity index (χ3v) is 7.32. The van der Waals surface area contributed by atoms with Crippen molar-refractivity contribution in [1.82, 2.24) is 19.6 Å². The van der Waals surface area contributed by atoms with Crippen LogP contribution < -0.4 is 0 Å². The van der Waals surface area contributed by atoms with Crippen LogP contribution in [0.5, 0.6) is 0 Å². The van der Waals surface area contributed by atoms with Gasteiger partial charge in [-0.15, -0.1) is 0 Å². The molecule has 3 aliphatic rings. The van der Waals surface area contributed by atoms with Crippen LogP contribution in [0.1, 0.15) is 18.1 Å². The van der Waals surface area contributed by atoms with Crippen molar-refractivity contribution >= 4 is 22.8 Å². The predicted octanol–water partition coefficient (Wildman–Crippen LogP) is 1.75. The lowest BCUT2D eigenvalue weighted by Gasteiger charge is -2.38. The van der Waals surface area contributed by atoms with E-state index in [1.807, 2.05) is 11.8 Å². The molecule has 1 amide bonds. The van der Waals surface area contributed by atoms with E-state index in [-0.39, 0.29) is 5.91 Å². The van der Waals surface area contributed by atoms with Crippen LogP contribution in [0, 0.1) is 6.92 Å². The number of piperazine rings is 2. The minimum atomic E-state index is 0.287. The molecule has 2 saturated heterocycles. The molecule has 29 heavy (non-hydrogen) atoms. The van der Waals surface area contributed by atoms with Gasteiger partial charge in [0.1, 0.15) is 0 Å². The standard InChI is InChI=1S/C22H33N5OS/c1-18-5-3-4-6-20(18)16-24-7-11-26(12-8-24)21(28)17-25-9-13-27(14-10-25)22-23-15-19(2)29-22/h3-6,19H,7-17H2,1-2H3. The number of benzene rings is 1. The number of carbonyl (C=O) groups excluding carboxylic acids is 1. The number of amidine groups is 1. The summed E-state index contributed by atoms with van der Waals surface area (Å²) in [6.45, 7) is 14.4. The smallest absolute Gasteiger partial charge is 0.236 e. The van der Waals surface area contributed by atoms with Gasteiger partial charge in [0.25, 0.3) is 0 Å². The van der Waals surface area contributed by atoms with Gasteiger partial charge >= 0.3 is 0 Å². The Morgan fingerprint density at radius 2 is 1.72 bits per heavy atom. The molecule has 1 aromatic rings. The number of thioether (sulfide) groups is 1. The van der Waals surface area contributed by atoms with Crippen molar-refractivity contribution in [2.24, 2.45) is 4.99 Å². The maximum atomic E-state index is 12.8. The maximum absolute atomic E-state index is 12.8. The second-order valence-corrected chi connectivity index (χ2v) is 9.80. The second-order valence-electron chi connectivity index (χ2n) is 8.40. The minimum Gasteiger partial charge on any atom is -0.349 e. The van der Waals surface area contributed by atoms with E-state index < -0.39 is 0 Å². The number of rotatable bonds is 4. The van der Waals surface area contributed by atoms with Crippen LogP contribution in [0.2, 0.25) is 0 Å². The number of aliphatic imine (C=N–C) groups is 1. The normalized spacial score (nSPS) is 24.1. The van der Waals surface area contributed by atoms with Crippen molar-refractivity contribution in [2.45, 2.75) is 25.6 Å². The molecule has 0 spiro atoms. The number of carbonyl (C=O) groups is 1. The van der Waals surface area contributed by atoms with Gasteiger partial charge in [-0.25, -0.2) is 0 Å². The molecule has 1 atom stereocenters. The Kier molecular flexibility index (Phi) is 6.77. The number of hydrogen-bond donors (Lipinski definition) is 0. The molecule has 4 rings (SSSR count). The number of amides is 1. The Morgan fingerprint density at radius 1 is 1.03 bits per heavy atom. The van der Waals surface area contributed by atoms with Gasteiger partial charge in [-0.3, -0.25) is 19.6 Å². The van der Waals surface area contributed by atoms with E-state index in [0.717, 1.165) is 65.4 Å². The summed E-state index contributed by atoms with van der Waals surface area (Å²) in [6, 6.07) is 8.59. The van der Waals surface area contributed by atoms with Gasteiger partial charge in [-0.2, -0.15) is 0 Å². The van der Waals surface area contributed by atoms with E-state index in [1.165, 1.54) is 16.3 Å². The highest BCUT2D eigenvalue weighted by Gasteiger charge is 2.27. The van der Waals surface area contributed by atoms with E-state index in [0.29, 0.717) is 11.8 Å². The van der Waals surface area contributed by atoms with Gasteiger partial charge in [-0.1, -0.05) is 43.0 Å². The van der Waals surface area contributed by atoms with Crippen molar-refractivity contribution in [3.63, 3.8) is 0 Å². The van der Waals surface area contributed by atoms with E-state index in [9.17, 15) is 4.79 Å². The van der Waals surface area contributed by atoms with Crippen molar-refractivity contribution in [2.75, 3.05) is 65.4 Å². The molecule has 0 aliphatic carbocycles. The lowest BCUT2D eigenvalue weighted by atomic mass is 10.1. The highest BCUT2D eigenvalue weighted by Crippen LogP contribution is 2.23. The van der Waals surface area contributed by atoms with E-state index in [2.05, 4.69) is 62.7 Å². The van der Waals surface area contributed by atoms with Crippen LogP contribution in [0.3, 0.4) is 0 Å². The third-order valence-electron chi connectivity index (χ3n) is 6.17. The van der Waals surface area contributed by atoms with Crippen LogP contribution in [-0.2, 0) is 11.3 Å². The van der Waals surface area contributed by atoms with E-state index >= 15 is 0 Å². The zero-order chi connectivity index (χ0) is 20.2. The van der Waals surface area contributed by atoms with Crippen LogP contribution in [0.15, 0.2) is 29.3 Å². The molecule has 1 aromatic carbocycles. The Labute approximate surface area is 178 Å². The minimum absolute atomic E-state index is 0.287. The zero-order valence-electron chi connectivity index (χ0n) is 17.7. The highest BCUT2D eigenvalue weighted by atomic mass is 32.2. The van der Waals surface area contributed by atoms with Crippen LogP contribution in [0.25, 0.3) is 0 Å². The summed E-state index contributed by atoms with van der Waals surface area (Å²) in [4.78, 5) is 26.7. The fourth-order valence-corrected chi connectivity index (χ4v) is 5.20. The molecule has 3 aliphatic heterocycles. The topological polar surface area (TPSA) is 42.4 Å². The average molecular weight is 416 g/mol. The first-order valence-electron chi connectivity index (χ1n) is 10.8. The molecule has 2 fully saturated rings. The van der Waals surface area contributed by atoms with Gasteiger partial charge in [0.15, 0.2) is 5.17 Å². The summed E-state index contributed by atoms with van der Waals surface area (Å²) in [5.41, 5.74) is 2.74. The van der Waals surface area contributed by atoms with Crippen molar-refractivity contribution < 1.29 is 4.79 Å². The first-order valence-corrected chi connectivity index (χ1v) is 11.7. The third kappa shape index (κ3) is 5.32. The average Bonchev–Trinajstić information content (AvgIpc) is 3.17. The van der Waals surface area contributed by atoms with E-state index in [1.54, 1.807) is 0 Å². The molecular weight excluding hydrogens is 382 g/mol. The summed E-state index contributed by atoms with van der Waals surface area (Å²) < 4.78 is 0. The summed E-state index contributed by atoms with van der Waals surface area (Å²) in [6.07, 6.45) is 0. The van der Waals surface area contributed by atoms with Gasteiger partial charge in [0.2, 0.25) is 5.91 Å². The molecule has 158 valence electrons. The molecule has 6 nitrogen and oxygen atoms in total. The molecule has 0 bridgehead atoms. The van der Waals surface area contributed by atoms with Crippen molar-refractivity contribution in [3.05, 3.63) is 35.4 Å². The molecular formula is C22H33N5OS.